The maximum absolute atomic E-state index is 12.1. The van der Waals surface area contributed by atoms with Crippen LogP contribution in [-0.2, 0) is 11.3 Å². The average Bonchev–Trinajstić information content (AvgIpc) is 3.27. The van der Waals surface area contributed by atoms with Gasteiger partial charge in [-0.2, -0.15) is 0 Å². The third-order valence-corrected chi connectivity index (χ3v) is 3.86. The normalized spacial score (nSPS) is 15.3. The van der Waals surface area contributed by atoms with Gasteiger partial charge in [0.1, 0.15) is 11.3 Å². The number of nitrogens with one attached hydrogen (secondary N) is 1. The van der Waals surface area contributed by atoms with Crippen molar-refractivity contribution in [1.82, 2.24) is 19.9 Å². The molecule has 144 valence electrons. The van der Waals surface area contributed by atoms with E-state index in [-0.39, 0.29) is 6.09 Å². The Morgan fingerprint density at radius 1 is 1.27 bits per heavy atom. The summed E-state index contributed by atoms with van der Waals surface area (Å²) in [5.41, 5.74) is 1.39. The van der Waals surface area contributed by atoms with Crippen molar-refractivity contribution < 1.29 is 14.1 Å². The van der Waals surface area contributed by atoms with E-state index in [1.165, 1.54) is 0 Å². The Kier molecular flexibility index (Phi) is 6.85. The predicted molar refractivity (Wildman–Crippen MR) is 101 cm³/mol. The van der Waals surface area contributed by atoms with Crippen LogP contribution in [0.2, 0.25) is 0 Å². The number of carbonyl (C=O) groups excluding carboxylic acids is 1. The van der Waals surface area contributed by atoms with Crippen LogP contribution in [0.1, 0.15) is 40.4 Å². The number of rotatable bonds is 3. The van der Waals surface area contributed by atoms with Gasteiger partial charge in [-0.3, -0.25) is 4.90 Å². The predicted octanol–water partition coefficient (Wildman–Crippen LogP) is 3.75. The van der Waals surface area contributed by atoms with Crippen LogP contribution >= 0.6 is 0 Å². The number of hydrogen-bond donors (Lipinski definition) is 1. The Labute approximate surface area is 155 Å². The van der Waals surface area contributed by atoms with E-state index in [2.05, 4.69) is 15.0 Å². The van der Waals surface area contributed by atoms with Crippen LogP contribution in [-0.4, -0.2) is 57.8 Å². The number of piperazine rings is 1. The van der Waals surface area contributed by atoms with Gasteiger partial charge in [0.05, 0.1) is 6.54 Å². The summed E-state index contributed by atoms with van der Waals surface area (Å²) < 4.78 is 10.8. The summed E-state index contributed by atoms with van der Waals surface area (Å²) in [6.07, 6.45) is 3.51. The molecule has 3 heterocycles. The lowest BCUT2D eigenvalue weighted by Gasteiger charge is -2.35. The van der Waals surface area contributed by atoms with Gasteiger partial charge in [0.25, 0.3) is 0 Å². The number of nitrogens with zero attached hydrogens (tertiary/aromatic N) is 3. The molecule has 1 aliphatic heterocycles. The van der Waals surface area contributed by atoms with E-state index >= 15 is 0 Å². The number of hydrogen-bond acceptors (Lipinski definition) is 5. The summed E-state index contributed by atoms with van der Waals surface area (Å²) in [7, 11) is 0. The summed E-state index contributed by atoms with van der Waals surface area (Å²) in [4.78, 5) is 19.1. The highest BCUT2D eigenvalue weighted by Crippen LogP contribution is 2.20. The van der Waals surface area contributed by atoms with Gasteiger partial charge in [0.15, 0.2) is 5.76 Å². The van der Waals surface area contributed by atoms with Gasteiger partial charge < -0.3 is 19.1 Å². The zero-order chi connectivity index (χ0) is 19.2. The fourth-order valence-corrected chi connectivity index (χ4v) is 2.64. The molecule has 1 saturated heterocycles. The van der Waals surface area contributed by atoms with Gasteiger partial charge in [-0.05, 0) is 26.8 Å². The summed E-state index contributed by atoms with van der Waals surface area (Å²) >= 11 is 0. The highest BCUT2D eigenvalue weighted by Gasteiger charge is 2.26. The first-order valence-electron chi connectivity index (χ1n) is 9.20. The third kappa shape index (κ3) is 5.62. The SMILES string of the molecule is CC.CC(C)(C)OC(=O)N1CCN(Cc2cc(-c3cc[nH]c3)no2)CC1. The molecule has 0 radical (unpaired) electrons. The van der Waals surface area contributed by atoms with Crippen molar-refractivity contribution in [3.05, 3.63) is 30.3 Å². The molecular weight excluding hydrogens is 332 g/mol. The maximum Gasteiger partial charge on any atom is 0.410 e. The Morgan fingerprint density at radius 3 is 2.54 bits per heavy atom. The molecule has 7 nitrogen and oxygen atoms in total. The van der Waals surface area contributed by atoms with Crippen molar-refractivity contribution in [2.24, 2.45) is 0 Å². The highest BCUT2D eigenvalue weighted by atomic mass is 16.6. The lowest BCUT2D eigenvalue weighted by molar-refractivity contribution is 0.0133. The fraction of sp³-hybridized carbons (Fsp3) is 0.579. The molecule has 0 bridgehead atoms. The van der Waals surface area contributed by atoms with Crippen molar-refractivity contribution in [1.29, 1.82) is 0 Å². The molecule has 7 heteroatoms. The van der Waals surface area contributed by atoms with Gasteiger partial charge in [-0.25, -0.2) is 4.79 Å². The van der Waals surface area contributed by atoms with E-state index in [4.69, 9.17) is 9.26 Å². The largest absolute Gasteiger partial charge is 0.444 e. The highest BCUT2D eigenvalue weighted by molar-refractivity contribution is 5.68. The van der Waals surface area contributed by atoms with Gasteiger partial charge in [0, 0.05) is 50.2 Å². The topological polar surface area (TPSA) is 74.6 Å². The van der Waals surface area contributed by atoms with Gasteiger partial charge >= 0.3 is 6.09 Å². The van der Waals surface area contributed by atoms with E-state index in [9.17, 15) is 4.79 Å². The van der Waals surface area contributed by atoms with Crippen LogP contribution in [0.3, 0.4) is 0 Å². The van der Waals surface area contributed by atoms with Crippen LogP contribution in [0.5, 0.6) is 0 Å². The molecule has 26 heavy (non-hydrogen) atoms. The van der Waals surface area contributed by atoms with E-state index in [1.807, 2.05) is 59.1 Å². The Bertz CT molecular complexity index is 665. The molecule has 0 spiro atoms. The van der Waals surface area contributed by atoms with Crippen molar-refractivity contribution in [3.63, 3.8) is 0 Å². The Morgan fingerprint density at radius 2 is 1.96 bits per heavy atom. The number of aromatic amines is 1. The van der Waals surface area contributed by atoms with E-state index in [0.717, 1.165) is 30.1 Å². The van der Waals surface area contributed by atoms with Crippen LogP contribution in [0.25, 0.3) is 11.3 Å². The van der Waals surface area contributed by atoms with Crippen LogP contribution < -0.4 is 0 Å². The summed E-state index contributed by atoms with van der Waals surface area (Å²) in [6.45, 7) is 13.2. The first-order chi connectivity index (χ1) is 12.4. The second-order valence-corrected chi connectivity index (χ2v) is 7.02. The average molecular weight is 362 g/mol. The Hall–Kier alpha value is -2.28. The molecule has 2 aromatic heterocycles. The van der Waals surface area contributed by atoms with Gasteiger partial charge in [-0.15, -0.1) is 0 Å². The lowest BCUT2D eigenvalue weighted by Crippen LogP contribution is -2.49. The first-order valence-corrected chi connectivity index (χ1v) is 9.20. The van der Waals surface area contributed by atoms with Crippen molar-refractivity contribution in [2.75, 3.05) is 26.2 Å². The minimum Gasteiger partial charge on any atom is -0.444 e. The zero-order valence-electron chi connectivity index (χ0n) is 16.4. The second kappa shape index (κ2) is 8.89. The molecule has 0 aromatic carbocycles. The lowest BCUT2D eigenvalue weighted by atomic mass is 10.2. The smallest absolute Gasteiger partial charge is 0.410 e. The quantitative estimate of drug-likeness (QED) is 0.900. The number of carbonyl (C=O) groups is 1. The minimum absolute atomic E-state index is 0.239. The van der Waals surface area contributed by atoms with Crippen LogP contribution in [0.15, 0.2) is 29.0 Å². The fourth-order valence-electron chi connectivity index (χ4n) is 2.64. The molecule has 3 rings (SSSR count). The molecule has 2 aromatic rings. The zero-order valence-corrected chi connectivity index (χ0v) is 16.4. The first kappa shape index (κ1) is 20.0. The number of aromatic nitrogens is 2. The molecule has 0 atom stereocenters. The molecule has 1 N–H and O–H groups in total. The van der Waals surface area contributed by atoms with Crippen molar-refractivity contribution in [2.45, 2.75) is 46.8 Å². The van der Waals surface area contributed by atoms with Gasteiger partial charge in [0.2, 0.25) is 0 Å². The maximum atomic E-state index is 12.1. The molecule has 0 saturated carbocycles. The molecule has 0 unspecified atom stereocenters. The molecule has 0 aliphatic carbocycles. The molecule has 1 aliphatic rings. The summed E-state index contributed by atoms with van der Waals surface area (Å²) in [6, 6.07) is 3.92. The minimum atomic E-state index is -0.456. The van der Waals surface area contributed by atoms with Gasteiger partial charge in [-0.1, -0.05) is 19.0 Å². The number of amides is 1. The van der Waals surface area contributed by atoms with Crippen molar-refractivity contribution >= 4 is 6.09 Å². The van der Waals surface area contributed by atoms with E-state index < -0.39 is 5.60 Å². The van der Waals surface area contributed by atoms with E-state index in [1.54, 1.807) is 4.90 Å². The monoisotopic (exact) mass is 362 g/mol. The second-order valence-electron chi connectivity index (χ2n) is 7.02. The standard InChI is InChI=1S/C17H24N4O3.C2H6/c1-17(2,3)23-16(22)21-8-6-20(7-9-21)12-14-10-15(19-24-14)13-4-5-18-11-13;1-2/h4-5,10-11,18H,6-9,12H2,1-3H3;1-2H3. The number of H-pyrrole nitrogens is 1. The van der Waals surface area contributed by atoms with Crippen LogP contribution in [0.4, 0.5) is 4.79 Å². The number of ether oxygens (including phenoxy) is 1. The third-order valence-electron chi connectivity index (χ3n) is 3.86. The van der Waals surface area contributed by atoms with Crippen LogP contribution in [0, 0.1) is 0 Å². The van der Waals surface area contributed by atoms with E-state index in [0.29, 0.717) is 19.6 Å². The molecule has 1 fully saturated rings. The molecule has 1 amide bonds. The molecular formula is C19H30N4O3. The Balaban J connectivity index is 0.00000117. The van der Waals surface area contributed by atoms with Crippen molar-refractivity contribution in [3.8, 4) is 11.3 Å². The summed E-state index contributed by atoms with van der Waals surface area (Å²) in [5.74, 6) is 0.830. The summed E-state index contributed by atoms with van der Waals surface area (Å²) in [5, 5.41) is 4.10.